The average Bonchev–Trinajstić information content (AvgIpc) is 3.20. The van der Waals surface area contributed by atoms with E-state index >= 15 is 0 Å². The maximum absolute atomic E-state index is 14.0. The topological polar surface area (TPSA) is 66.9 Å². The molecule has 0 aromatic heterocycles. The molecule has 0 spiro atoms. The summed E-state index contributed by atoms with van der Waals surface area (Å²) in [5, 5.41) is 1.78. The van der Waals surface area contributed by atoms with Crippen molar-refractivity contribution in [1.29, 1.82) is 0 Å². The molecule has 3 heterocycles. The van der Waals surface area contributed by atoms with Crippen LogP contribution in [0.25, 0.3) is 10.8 Å². The molecule has 2 aromatic carbocycles. The van der Waals surface area contributed by atoms with E-state index in [0.29, 0.717) is 41.6 Å². The van der Waals surface area contributed by atoms with Gasteiger partial charge in [-0.05, 0) is 74.2 Å². The third-order valence-electron chi connectivity index (χ3n) is 8.67. The zero-order valence-electron chi connectivity index (χ0n) is 19.9. The van der Waals surface area contributed by atoms with Crippen LogP contribution in [-0.4, -0.2) is 55.3 Å². The first-order chi connectivity index (χ1) is 16.4. The lowest BCUT2D eigenvalue weighted by molar-refractivity contribution is -0.130. The SMILES string of the molecule is CC(=O)N1CCCC1COc1cc(S(=O)(=O)N2CC3CC4CC(C3)CC2C4)cc2ccccc12. The molecule has 2 aliphatic carbocycles. The number of fused-ring (bicyclic) bond motifs is 2. The van der Waals surface area contributed by atoms with Gasteiger partial charge in [0, 0.05) is 37.5 Å². The molecule has 0 N–H and O–H groups in total. The van der Waals surface area contributed by atoms with Crippen LogP contribution in [0.5, 0.6) is 5.75 Å². The molecule has 182 valence electrons. The predicted octanol–water partition coefficient (Wildman–Crippen LogP) is 4.43. The summed E-state index contributed by atoms with van der Waals surface area (Å²) < 4.78 is 36.1. The van der Waals surface area contributed by atoms with Crippen LogP contribution in [0, 0.1) is 17.8 Å². The van der Waals surface area contributed by atoms with E-state index in [1.54, 1.807) is 13.0 Å². The van der Waals surface area contributed by atoms with Crippen LogP contribution in [-0.2, 0) is 14.8 Å². The molecular formula is C27H34N2O4S. The Morgan fingerprint density at radius 1 is 1.03 bits per heavy atom. The lowest BCUT2D eigenvalue weighted by Crippen LogP contribution is -2.42. The van der Waals surface area contributed by atoms with E-state index in [9.17, 15) is 13.2 Å². The summed E-state index contributed by atoms with van der Waals surface area (Å²) in [6.07, 6.45) is 7.54. The highest BCUT2D eigenvalue weighted by Gasteiger charge is 2.46. The van der Waals surface area contributed by atoms with Gasteiger partial charge in [0.1, 0.15) is 12.4 Å². The number of benzene rings is 2. The second-order valence-electron chi connectivity index (χ2n) is 11.0. The van der Waals surface area contributed by atoms with Crippen molar-refractivity contribution in [2.24, 2.45) is 17.8 Å². The number of nitrogens with zero attached hydrogens (tertiary/aromatic N) is 2. The quantitative estimate of drug-likeness (QED) is 0.632. The molecule has 1 amide bonds. The maximum Gasteiger partial charge on any atom is 0.243 e. The van der Waals surface area contributed by atoms with Crippen molar-refractivity contribution in [2.75, 3.05) is 19.7 Å². The van der Waals surface area contributed by atoms with E-state index in [1.165, 1.54) is 19.3 Å². The Morgan fingerprint density at radius 3 is 2.53 bits per heavy atom. The molecule has 3 atom stereocenters. The van der Waals surface area contributed by atoms with Crippen molar-refractivity contribution in [2.45, 2.75) is 68.8 Å². The number of hydrogen-bond acceptors (Lipinski definition) is 4. The Kier molecular flexibility index (Phi) is 5.60. The number of carbonyl (C=O) groups excluding carboxylic acids is 1. The van der Waals surface area contributed by atoms with Gasteiger partial charge in [-0.3, -0.25) is 4.79 Å². The Hall–Kier alpha value is -2.12. The fourth-order valence-corrected chi connectivity index (χ4v) is 9.07. The van der Waals surface area contributed by atoms with E-state index in [0.717, 1.165) is 43.0 Å². The average molecular weight is 483 g/mol. The Balaban J connectivity index is 1.33. The summed E-state index contributed by atoms with van der Waals surface area (Å²) >= 11 is 0. The van der Waals surface area contributed by atoms with Crippen LogP contribution in [0.3, 0.4) is 0 Å². The highest BCUT2D eigenvalue weighted by atomic mass is 32.2. The number of sulfonamides is 1. The Morgan fingerprint density at radius 2 is 1.76 bits per heavy atom. The minimum absolute atomic E-state index is 0.0353. The van der Waals surface area contributed by atoms with E-state index in [1.807, 2.05) is 39.5 Å². The predicted molar refractivity (Wildman–Crippen MR) is 131 cm³/mol. The molecule has 5 fully saturated rings. The molecule has 3 aliphatic heterocycles. The third kappa shape index (κ3) is 3.91. The molecule has 7 heteroatoms. The van der Waals surface area contributed by atoms with Crippen LogP contribution in [0.15, 0.2) is 41.3 Å². The van der Waals surface area contributed by atoms with Crippen molar-refractivity contribution < 1.29 is 17.9 Å². The van der Waals surface area contributed by atoms with E-state index in [4.69, 9.17) is 4.74 Å². The van der Waals surface area contributed by atoms with Crippen LogP contribution >= 0.6 is 0 Å². The fraction of sp³-hybridized carbons (Fsp3) is 0.593. The highest BCUT2D eigenvalue weighted by molar-refractivity contribution is 7.89. The van der Waals surface area contributed by atoms with Crippen molar-refractivity contribution in [3.63, 3.8) is 0 Å². The summed E-state index contributed by atoms with van der Waals surface area (Å²) in [4.78, 5) is 14.2. The van der Waals surface area contributed by atoms with Crippen LogP contribution < -0.4 is 4.74 Å². The summed E-state index contributed by atoms with van der Waals surface area (Å²) in [5.74, 6) is 2.52. The molecule has 4 bridgehead atoms. The largest absolute Gasteiger partial charge is 0.491 e. The molecule has 3 unspecified atom stereocenters. The fourth-order valence-electron chi connectivity index (χ4n) is 7.30. The van der Waals surface area contributed by atoms with Crippen molar-refractivity contribution >= 4 is 26.7 Å². The first-order valence-corrected chi connectivity index (χ1v) is 14.3. The van der Waals surface area contributed by atoms with E-state index in [2.05, 4.69) is 0 Å². The van der Waals surface area contributed by atoms with Crippen molar-refractivity contribution in [3.8, 4) is 5.75 Å². The van der Waals surface area contributed by atoms with Crippen molar-refractivity contribution in [3.05, 3.63) is 36.4 Å². The van der Waals surface area contributed by atoms with Crippen LogP contribution in [0.1, 0.15) is 51.9 Å². The van der Waals surface area contributed by atoms with Gasteiger partial charge in [0.15, 0.2) is 0 Å². The van der Waals surface area contributed by atoms with Gasteiger partial charge in [-0.25, -0.2) is 8.42 Å². The van der Waals surface area contributed by atoms with Crippen LogP contribution in [0.4, 0.5) is 0 Å². The van der Waals surface area contributed by atoms with Crippen molar-refractivity contribution in [1.82, 2.24) is 9.21 Å². The minimum atomic E-state index is -3.63. The number of carbonyl (C=O) groups is 1. The molecule has 6 nitrogen and oxygen atoms in total. The molecule has 0 radical (unpaired) electrons. The van der Waals surface area contributed by atoms with Gasteiger partial charge < -0.3 is 9.64 Å². The monoisotopic (exact) mass is 482 g/mol. The molecule has 3 saturated heterocycles. The summed E-state index contributed by atoms with van der Waals surface area (Å²) in [7, 11) is -3.63. The van der Waals surface area contributed by atoms with E-state index < -0.39 is 10.0 Å². The second-order valence-corrected chi connectivity index (χ2v) is 12.9. The molecule has 34 heavy (non-hydrogen) atoms. The minimum Gasteiger partial charge on any atom is -0.491 e. The zero-order chi connectivity index (χ0) is 23.4. The standard InChI is InChI=1S/C27H34N2O4S/c1-18(30)28-8-4-6-23(28)17-33-27-15-25(14-22-5-2-3-7-26(22)27)34(31,32)29-16-21-10-19-9-20(11-21)13-24(29)12-19/h2-3,5,7,14-15,19-21,23-24H,4,6,8-13,16-17H2,1H3. The Bertz CT molecular complexity index is 1200. The maximum atomic E-state index is 14.0. The Labute approximate surface area is 202 Å². The smallest absolute Gasteiger partial charge is 0.243 e. The van der Waals surface area contributed by atoms with Gasteiger partial charge in [0.05, 0.1) is 10.9 Å². The second kappa shape index (κ2) is 8.52. The van der Waals surface area contributed by atoms with Gasteiger partial charge in [0.25, 0.3) is 0 Å². The summed E-state index contributed by atoms with van der Waals surface area (Å²) in [5.41, 5.74) is 0. The van der Waals surface area contributed by atoms with Gasteiger partial charge in [-0.2, -0.15) is 4.31 Å². The summed E-state index contributed by atoms with van der Waals surface area (Å²) in [6.45, 7) is 3.39. The number of amides is 1. The first-order valence-electron chi connectivity index (χ1n) is 12.8. The lowest BCUT2D eigenvalue weighted by atomic mass is 9.68. The lowest BCUT2D eigenvalue weighted by Gasteiger charge is -2.38. The third-order valence-corrected chi connectivity index (χ3v) is 10.6. The summed E-state index contributed by atoms with van der Waals surface area (Å²) in [6, 6.07) is 11.5. The van der Waals surface area contributed by atoms with Gasteiger partial charge in [-0.15, -0.1) is 0 Å². The zero-order valence-corrected chi connectivity index (χ0v) is 20.7. The van der Waals surface area contributed by atoms with Gasteiger partial charge >= 0.3 is 0 Å². The molecule has 2 aromatic rings. The number of hydrogen-bond donors (Lipinski definition) is 0. The van der Waals surface area contributed by atoms with Gasteiger partial charge in [0.2, 0.25) is 15.9 Å². The number of ether oxygens (including phenoxy) is 1. The normalized spacial score (nSPS) is 31.2. The van der Waals surface area contributed by atoms with Gasteiger partial charge in [-0.1, -0.05) is 24.3 Å². The number of likely N-dealkylation sites (tertiary alicyclic amines) is 1. The first kappa shape index (κ1) is 22.4. The molecule has 7 rings (SSSR count). The number of rotatable bonds is 5. The molecule has 5 aliphatic rings. The highest BCUT2D eigenvalue weighted by Crippen LogP contribution is 2.49. The van der Waals surface area contributed by atoms with E-state index in [-0.39, 0.29) is 18.0 Å². The van der Waals surface area contributed by atoms with Crippen LogP contribution in [0.2, 0.25) is 0 Å². The molecular weight excluding hydrogens is 448 g/mol. The molecule has 2 saturated carbocycles.